The van der Waals surface area contributed by atoms with Crippen LogP contribution in [0.4, 0.5) is 27.6 Å². The van der Waals surface area contributed by atoms with Crippen molar-refractivity contribution in [2.45, 2.75) is 19.4 Å². The zero-order valence-corrected chi connectivity index (χ0v) is 10.4. The quantitative estimate of drug-likeness (QED) is 0.499. The van der Waals surface area contributed by atoms with Crippen LogP contribution in [0.15, 0.2) is 0 Å². The van der Waals surface area contributed by atoms with Crippen molar-refractivity contribution in [3.05, 3.63) is 29.1 Å². The summed E-state index contributed by atoms with van der Waals surface area (Å²) in [5, 5.41) is 4.72. The lowest BCUT2D eigenvalue weighted by atomic mass is 10.0. The molecule has 1 heterocycles. The van der Waals surface area contributed by atoms with E-state index in [9.17, 15) is 26.7 Å². The molecule has 1 aromatic carbocycles. The highest BCUT2D eigenvalue weighted by atomic mass is 19.2. The van der Waals surface area contributed by atoms with Gasteiger partial charge in [-0.25, -0.2) is 22.0 Å². The maximum absolute atomic E-state index is 13.4. The molecule has 110 valence electrons. The highest BCUT2D eigenvalue weighted by Gasteiger charge is 2.32. The van der Waals surface area contributed by atoms with Crippen LogP contribution in [0, 0.1) is 35.0 Å². The van der Waals surface area contributed by atoms with Crippen molar-refractivity contribution in [2.24, 2.45) is 5.92 Å². The zero-order chi connectivity index (χ0) is 15.0. The van der Waals surface area contributed by atoms with Crippen molar-refractivity contribution in [2.75, 3.05) is 11.9 Å². The fourth-order valence-corrected chi connectivity index (χ4v) is 2.15. The van der Waals surface area contributed by atoms with Gasteiger partial charge in [0.1, 0.15) is 5.69 Å². The minimum atomic E-state index is -2.26. The number of rotatable bonds is 2. The summed E-state index contributed by atoms with van der Waals surface area (Å²) < 4.78 is 65.6. The second kappa shape index (κ2) is 5.35. The molecule has 0 bridgehead atoms. The van der Waals surface area contributed by atoms with Gasteiger partial charge in [-0.3, -0.25) is 4.79 Å². The molecule has 0 aliphatic carbocycles. The van der Waals surface area contributed by atoms with E-state index in [1.165, 1.54) is 0 Å². The first-order chi connectivity index (χ1) is 9.34. The number of amides is 1. The topological polar surface area (TPSA) is 41.1 Å². The Hall–Kier alpha value is -1.70. The predicted octanol–water partition coefficient (Wildman–Crippen LogP) is 2.32. The van der Waals surface area contributed by atoms with E-state index in [-0.39, 0.29) is 6.04 Å². The Kier molecular flexibility index (Phi) is 3.94. The monoisotopic (exact) mass is 294 g/mol. The van der Waals surface area contributed by atoms with Gasteiger partial charge in [0, 0.05) is 6.04 Å². The van der Waals surface area contributed by atoms with E-state index in [1.54, 1.807) is 12.2 Å². The van der Waals surface area contributed by atoms with E-state index in [1.807, 2.05) is 0 Å². The lowest BCUT2D eigenvalue weighted by Gasteiger charge is -2.16. The Morgan fingerprint density at radius 2 is 1.55 bits per heavy atom. The summed E-state index contributed by atoms with van der Waals surface area (Å²) in [4.78, 5) is 11.8. The van der Waals surface area contributed by atoms with Crippen molar-refractivity contribution in [3.63, 3.8) is 0 Å². The van der Waals surface area contributed by atoms with Gasteiger partial charge in [-0.15, -0.1) is 0 Å². The maximum atomic E-state index is 13.4. The van der Waals surface area contributed by atoms with E-state index >= 15 is 0 Å². The van der Waals surface area contributed by atoms with Crippen molar-refractivity contribution >= 4 is 11.6 Å². The number of hydrogen-bond acceptors (Lipinski definition) is 2. The Morgan fingerprint density at radius 3 is 2.00 bits per heavy atom. The summed E-state index contributed by atoms with van der Waals surface area (Å²) in [5.74, 6) is -11.9. The molecule has 2 atom stereocenters. The van der Waals surface area contributed by atoms with Crippen LogP contribution >= 0.6 is 0 Å². The second-order valence-corrected chi connectivity index (χ2v) is 4.57. The van der Waals surface area contributed by atoms with E-state index in [2.05, 4.69) is 5.32 Å². The molecule has 1 fully saturated rings. The first-order valence-electron chi connectivity index (χ1n) is 5.90. The molecule has 3 nitrogen and oxygen atoms in total. The molecule has 20 heavy (non-hydrogen) atoms. The number of hydrogen-bond donors (Lipinski definition) is 2. The van der Waals surface area contributed by atoms with Crippen molar-refractivity contribution < 1.29 is 26.7 Å². The van der Waals surface area contributed by atoms with Crippen LogP contribution in [0.25, 0.3) is 0 Å². The SMILES string of the molecule is CC1NCCC1C(=O)Nc1c(F)c(F)c(F)c(F)c1F. The Balaban J connectivity index is 2.32. The van der Waals surface area contributed by atoms with Crippen LogP contribution in [-0.2, 0) is 4.79 Å². The lowest BCUT2D eigenvalue weighted by molar-refractivity contribution is -0.120. The van der Waals surface area contributed by atoms with Crippen molar-refractivity contribution in [1.82, 2.24) is 5.32 Å². The van der Waals surface area contributed by atoms with Gasteiger partial charge in [-0.05, 0) is 19.9 Å². The maximum Gasteiger partial charge on any atom is 0.229 e. The summed E-state index contributed by atoms with van der Waals surface area (Å²) in [6.07, 6.45) is 0.419. The smallest absolute Gasteiger partial charge is 0.229 e. The molecule has 0 radical (unpaired) electrons. The highest BCUT2D eigenvalue weighted by Crippen LogP contribution is 2.28. The first-order valence-corrected chi connectivity index (χ1v) is 5.90. The molecule has 0 saturated carbocycles. The fraction of sp³-hybridized carbons (Fsp3) is 0.417. The molecule has 1 amide bonds. The van der Waals surface area contributed by atoms with E-state index in [4.69, 9.17) is 0 Å². The largest absolute Gasteiger partial charge is 0.321 e. The highest BCUT2D eigenvalue weighted by molar-refractivity contribution is 5.93. The minimum absolute atomic E-state index is 0.240. The molecule has 2 unspecified atom stereocenters. The second-order valence-electron chi connectivity index (χ2n) is 4.57. The van der Waals surface area contributed by atoms with Gasteiger partial charge >= 0.3 is 0 Å². The predicted molar refractivity (Wildman–Crippen MR) is 60.4 cm³/mol. The van der Waals surface area contributed by atoms with E-state index in [0.29, 0.717) is 13.0 Å². The van der Waals surface area contributed by atoms with Crippen LogP contribution in [0.5, 0.6) is 0 Å². The molecule has 8 heteroatoms. The van der Waals surface area contributed by atoms with Gasteiger partial charge in [0.2, 0.25) is 11.7 Å². The third-order valence-electron chi connectivity index (χ3n) is 3.32. The number of halogens is 5. The molecule has 2 rings (SSSR count). The number of carbonyl (C=O) groups is 1. The van der Waals surface area contributed by atoms with Gasteiger partial charge in [-0.1, -0.05) is 0 Å². The molecular formula is C12H11F5N2O. The Bertz CT molecular complexity index is 534. The van der Waals surface area contributed by atoms with Crippen LogP contribution in [0.2, 0.25) is 0 Å². The summed E-state index contributed by atoms with van der Waals surface area (Å²) in [6.45, 7) is 2.23. The third-order valence-corrected chi connectivity index (χ3v) is 3.32. The van der Waals surface area contributed by atoms with E-state index in [0.717, 1.165) is 0 Å². The van der Waals surface area contributed by atoms with E-state index < -0.39 is 46.6 Å². The minimum Gasteiger partial charge on any atom is -0.321 e. The molecule has 1 aliphatic heterocycles. The van der Waals surface area contributed by atoms with Gasteiger partial charge in [0.15, 0.2) is 23.3 Å². The van der Waals surface area contributed by atoms with Gasteiger partial charge in [-0.2, -0.15) is 0 Å². The molecule has 1 aliphatic rings. The zero-order valence-electron chi connectivity index (χ0n) is 10.4. The van der Waals surface area contributed by atoms with Crippen LogP contribution in [-0.4, -0.2) is 18.5 Å². The third kappa shape index (κ3) is 2.35. The molecule has 1 aromatic rings. The summed E-state index contributed by atoms with van der Waals surface area (Å²) in [7, 11) is 0. The summed E-state index contributed by atoms with van der Waals surface area (Å²) in [5.41, 5.74) is -1.31. The average molecular weight is 294 g/mol. The Labute approximate surface area is 111 Å². The standard InChI is InChI=1S/C12H11F5N2O/c1-4-5(2-3-18-4)12(20)19-11-9(16)7(14)6(13)8(15)10(11)17/h4-5,18H,2-3H2,1H3,(H,19,20). The Morgan fingerprint density at radius 1 is 1.05 bits per heavy atom. The molecular weight excluding hydrogens is 283 g/mol. The molecule has 2 N–H and O–H groups in total. The van der Waals surface area contributed by atoms with Crippen LogP contribution < -0.4 is 10.6 Å². The molecule has 0 spiro atoms. The van der Waals surface area contributed by atoms with Crippen LogP contribution in [0.3, 0.4) is 0 Å². The van der Waals surface area contributed by atoms with Crippen molar-refractivity contribution in [3.8, 4) is 0 Å². The summed E-state index contributed by atoms with van der Waals surface area (Å²) in [6, 6.07) is -0.240. The number of anilines is 1. The van der Waals surface area contributed by atoms with Crippen LogP contribution in [0.1, 0.15) is 13.3 Å². The fourth-order valence-electron chi connectivity index (χ4n) is 2.15. The van der Waals surface area contributed by atoms with Gasteiger partial charge in [0.25, 0.3) is 0 Å². The lowest BCUT2D eigenvalue weighted by Crippen LogP contribution is -2.32. The number of nitrogens with one attached hydrogen (secondary N) is 2. The van der Waals surface area contributed by atoms with Crippen molar-refractivity contribution in [1.29, 1.82) is 0 Å². The van der Waals surface area contributed by atoms with Gasteiger partial charge in [0.05, 0.1) is 5.92 Å². The number of benzene rings is 1. The van der Waals surface area contributed by atoms with Gasteiger partial charge < -0.3 is 10.6 Å². The molecule has 1 saturated heterocycles. The number of carbonyl (C=O) groups excluding carboxylic acids is 1. The first kappa shape index (κ1) is 14.7. The normalized spacial score (nSPS) is 22.1. The average Bonchev–Trinajstić information content (AvgIpc) is 2.85. The summed E-state index contributed by atoms with van der Waals surface area (Å²) >= 11 is 0. The molecule has 0 aromatic heterocycles.